The second-order valence-corrected chi connectivity index (χ2v) is 7.15. The van der Waals surface area contributed by atoms with Crippen molar-refractivity contribution in [3.05, 3.63) is 52.5 Å². The zero-order valence-electron chi connectivity index (χ0n) is 11.2. The highest BCUT2D eigenvalue weighted by Gasteiger charge is 2.22. The molecule has 0 amide bonds. The van der Waals surface area contributed by atoms with E-state index in [4.69, 9.17) is 23.2 Å². The molecule has 0 aliphatic rings. The second kappa shape index (κ2) is 6.70. The predicted molar refractivity (Wildman–Crippen MR) is 82.0 cm³/mol. The number of pyridine rings is 2. The van der Waals surface area contributed by atoms with E-state index in [0.717, 1.165) is 5.69 Å². The third kappa shape index (κ3) is 3.91. The standard InChI is InChI=1S/C13H13Cl2N3O2S/c1-18(7-5-10-4-2-3-6-16-10)21(19,20)11-8-12(14)13(15)17-9-11/h2-4,6,8-9H,5,7H2,1H3. The van der Waals surface area contributed by atoms with Gasteiger partial charge >= 0.3 is 0 Å². The maximum Gasteiger partial charge on any atom is 0.244 e. The molecule has 2 aromatic rings. The van der Waals surface area contributed by atoms with E-state index in [2.05, 4.69) is 9.97 Å². The first-order chi connectivity index (χ1) is 9.91. The van der Waals surface area contributed by atoms with Gasteiger partial charge in [-0.25, -0.2) is 17.7 Å². The lowest BCUT2D eigenvalue weighted by Crippen LogP contribution is -2.29. The van der Waals surface area contributed by atoms with E-state index in [0.29, 0.717) is 13.0 Å². The van der Waals surface area contributed by atoms with E-state index in [9.17, 15) is 8.42 Å². The lowest BCUT2D eigenvalue weighted by atomic mass is 10.3. The van der Waals surface area contributed by atoms with Crippen molar-refractivity contribution in [2.24, 2.45) is 0 Å². The molecule has 21 heavy (non-hydrogen) atoms. The smallest absolute Gasteiger partial charge is 0.244 e. The quantitative estimate of drug-likeness (QED) is 0.781. The van der Waals surface area contributed by atoms with E-state index in [1.807, 2.05) is 18.2 Å². The van der Waals surface area contributed by atoms with E-state index in [-0.39, 0.29) is 15.1 Å². The van der Waals surface area contributed by atoms with Crippen molar-refractivity contribution in [1.29, 1.82) is 0 Å². The van der Waals surface area contributed by atoms with Gasteiger partial charge in [0, 0.05) is 38.1 Å². The van der Waals surface area contributed by atoms with Crippen molar-refractivity contribution in [3.8, 4) is 0 Å². The topological polar surface area (TPSA) is 63.2 Å². The number of aromatic nitrogens is 2. The molecule has 0 aliphatic carbocycles. The summed E-state index contributed by atoms with van der Waals surface area (Å²) in [5.41, 5.74) is 0.826. The van der Waals surface area contributed by atoms with Crippen molar-refractivity contribution in [2.45, 2.75) is 11.3 Å². The molecule has 0 unspecified atom stereocenters. The lowest BCUT2D eigenvalue weighted by molar-refractivity contribution is 0.470. The highest BCUT2D eigenvalue weighted by atomic mass is 35.5. The first-order valence-corrected chi connectivity index (χ1v) is 8.28. The highest BCUT2D eigenvalue weighted by Crippen LogP contribution is 2.23. The van der Waals surface area contributed by atoms with Crippen LogP contribution in [0.15, 0.2) is 41.6 Å². The van der Waals surface area contributed by atoms with Crippen LogP contribution in [0.25, 0.3) is 0 Å². The predicted octanol–water partition coefficient (Wildman–Crippen LogP) is 2.65. The average molecular weight is 346 g/mol. The van der Waals surface area contributed by atoms with Crippen molar-refractivity contribution >= 4 is 33.2 Å². The number of halogens is 2. The van der Waals surface area contributed by atoms with Crippen LogP contribution in [0.2, 0.25) is 10.2 Å². The van der Waals surface area contributed by atoms with Crippen LogP contribution in [0.5, 0.6) is 0 Å². The Labute approximate surface area is 133 Å². The molecule has 2 heterocycles. The van der Waals surface area contributed by atoms with Crippen molar-refractivity contribution < 1.29 is 8.42 Å². The van der Waals surface area contributed by atoms with Crippen LogP contribution in [-0.4, -0.2) is 36.3 Å². The first-order valence-electron chi connectivity index (χ1n) is 6.08. The Balaban J connectivity index is 2.13. The van der Waals surface area contributed by atoms with E-state index >= 15 is 0 Å². The Bertz CT molecular complexity index is 723. The zero-order valence-corrected chi connectivity index (χ0v) is 13.5. The molecule has 0 radical (unpaired) electrons. The van der Waals surface area contributed by atoms with Gasteiger partial charge in [0.15, 0.2) is 0 Å². The summed E-state index contributed by atoms with van der Waals surface area (Å²) in [4.78, 5) is 7.93. The Kier molecular flexibility index (Phi) is 5.16. The molecule has 0 N–H and O–H groups in total. The maximum atomic E-state index is 12.4. The number of sulfonamides is 1. The molecule has 0 atom stereocenters. The summed E-state index contributed by atoms with van der Waals surface area (Å²) in [6.07, 6.45) is 3.39. The largest absolute Gasteiger partial charge is 0.261 e. The fourth-order valence-electron chi connectivity index (χ4n) is 1.66. The van der Waals surface area contributed by atoms with Crippen LogP contribution in [0.1, 0.15) is 5.69 Å². The number of nitrogens with zero attached hydrogens (tertiary/aromatic N) is 3. The van der Waals surface area contributed by atoms with Crippen LogP contribution in [-0.2, 0) is 16.4 Å². The summed E-state index contributed by atoms with van der Waals surface area (Å²) < 4.78 is 26.0. The fraction of sp³-hybridized carbons (Fsp3) is 0.231. The van der Waals surface area contributed by atoms with Gasteiger partial charge in [-0.1, -0.05) is 29.3 Å². The Morgan fingerprint density at radius 3 is 2.62 bits per heavy atom. The molecule has 0 aliphatic heterocycles. The van der Waals surface area contributed by atoms with E-state index in [1.54, 1.807) is 6.20 Å². The van der Waals surface area contributed by atoms with Crippen LogP contribution in [0.3, 0.4) is 0 Å². The van der Waals surface area contributed by atoms with Crippen LogP contribution in [0.4, 0.5) is 0 Å². The Morgan fingerprint density at radius 2 is 2.00 bits per heavy atom. The molecule has 5 nitrogen and oxygen atoms in total. The third-order valence-corrected chi connectivity index (χ3v) is 5.40. The Morgan fingerprint density at radius 1 is 1.24 bits per heavy atom. The molecule has 0 saturated heterocycles. The number of rotatable bonds is 5. The highest BCUT2D eigenvalue weighted by molar-refractivity contribution is 7.89. The summed E-state index contributed by atoms with van der Waals surface area (Å²) in [5, 5.41) is 0.183. The number of hydrogen-bond acceptors (Lipinski definition) is 4. The van der Waals surface area contributed by atoms with Crippen LogP contribution >= 0.6 is 23.2 Å². The van der Waals surface area contributed by atoms with Gasteiger partial charge in [-0.3, -0.25) is 4.98 Å². The Hall–Kier alpha value is -1.21. The molecular formula is C13H13Cl2N3O2S. The van der Waals surface area contributed by atoms with E-state index < -0.39 is 10.0 Å². The van der Waals surface area contributed by atoms with Gasteiger partial charge in [-0.2, -0.15) is 0 Å². The molecule has 0 saturated carbocycles. The average Bonchev–Trinajstić information content (AvgIpc) is 2.48. The van der Waals surface area contributed by atoms with Gasteiger partial charge < -0.3 is 0 Å². The van der Waals surface area contributed by atoms with Gasteiger partial charge in [-0.05, 0) is 18.2 Å². The van der Waals surface area contributed by atoms with Crippen molar-refractivity contribution in [3.63, 3.8) is 0 Å². The number of likely N-dealkylation sites (N-methyl/N-ethyl adjacent to an activating group) is 1. The second-order valence-electron chi connectivity index (χ2n) is 4.34. The minimum atomic E-state index is -3.65. The summed E-state index contributed by atoms with van der Waals surface area (Å²) in [6, 6.07) is 6.82. The normalized spacial score (nSPS) is 11.8. The van der Waals surface area contributed by atoms with E-state index in [1.165, 1.54) is 23.6 Å². The van der Waals surface area contributed by atoms with Crippen LogP contribution < -0.4 is 0 Å². The zero-order chi connectivity index (χ0) is 15.5. The minimum Gasteiger partial charge on any atom is -0.261 e. The maximum absolute atomic E-state index is 12.4. The molecule has 0 aromatic carbocycles. The first kappa shape index (κ1) is 16.2. The summed E-state index contributed by atoms with van der Waals surface area (Å²) in [6.45, 7) is 0.305. The third-order valence-electron chi connectivity index (χ3n) is 2.89. The van der Waals surface area contributed by atoms with Crippen molar-refractivity contribution in [2.75, 3.05) is 13.6 Å². The van der Waals surface area contributed by atoms with Gasteiger partial charge in [0.05, 0.1) is 5.02 Å². The van der Waals surface area contributed by atoms with Gasteiger partial charge in [0.25, 0.3) is 0 Å². The molecule has 0 spiro atoms. The fourth-order valence-corrected chi connectivity index (χ4v) is 3.14. The molecule has 0 fully saturated rings. The molecule has 8 heteroatoms. The molecule has 2 rings (SSSR count). The van der Waals surface area contributed by atoms with Crippen molar-refractivity contribution in [1.82, 2.24) is 14.3 Å². The van der Waals surface area contributed by atoms with Crippen LogP contribution in [0, 0.1) is 0 Å². The summed E-state index contributed by atoms with van der Waals surface area (Å²) in [5.74, 6) is 0. The molecular weight excluding hydrogens is 333 g/mol. The van der Waals surface area contributed by atoms with Gasteiger partial charge in [0.1, 0.15) is 10.0 Å². The number of hydrogen-bond donors (Lipinski definition) is 0. The monoisotopic (exact) mass is 345 g/mol. The SMILES string of the molecule is CN(CCc1ccccn1)S(=O)(=O)c1cnc(Cl)c(Cl)c1. The lowest BCUT2D eigenvalue weighted by Gasteiger charge is -2.17. The molecule has 0 bridgehead atoms. The summed E-state index contributed by atoms with van der Waals surface area (Å²) >= 11 is 11.5. The van der Waals surface area contributed by atoms with Gasteiger partial charge in [-0.15, -0.1) is 0 Å². The molecule has 112 valence electrons. The summed E-state index contributed by atoms with van der Waals surface area (Å²) in [7, 11) is -2.15. The molecule has 2 aromatic heterocycles. The minimum absolute atomic E-state index is 0.0143. The van der Waals surface area contributed by atoms with Gasteiger partial charge in [0.2, 0.25) is 10.0 Å².